The minimum Gasteiger partial charge on any atom is -0.379 e. The summed E-state index contributed by atoms with van der Waals surface area (Å²) in [7, 11) is 0. The van der Waals surface area contributed by atoms with E-state index in [-0.39, 0.29) is 0 Å². The van der Waals surface area contributed by atoms with Gasteiger partial charge in [-0.05, 0) is 17.9 Å². The van der Waals surface area contributed by atoms with Gasteiger partial charge in [-0.15, -0.1) is 11.3 Å². The number of fused-ring (bicyclic) bond motifs is 3. The summed E-state index contributed by atoms with van der Waals surface area (Å²) < 4.78 is 7.74. The van der Waals surface area contributed by atoms with Gasteiger partial charge < -0.3 is 9.30 Å². The molecule has 1 fully saturated rings. The average molecular weight is 275 g/mol. The lowest BCUT2D eigenvalue weighted by Crippen LogP contribution is -2.37. The zero-order valence-corrected chi connectivity index (χ0v) is 11.6. The van der Waals surface area contributed by atoms with E-state index in [9.17, 15) is 0 Å². The Morgan fingerprint density at radius 2 is 2.26 bits per heavy atom. The van der Waals surface area contributed by atoms with E-state index in [1.165, 1.54) is 16.1 Å². The maximum Gasteiger partial charge on any atom is 0.0957 e. The van der Waals surface area contributed by atoms with Crippen LogP contribution in [0.3, 0.4) is 0 Å². The van der Waals surface area contributed by atoms with E-state index in [0.717, 1.165) is 39.3 Å². The van der Waals surface area contributed by atoms with E-state index < -0.39 is 0 Å². The van der Waals surface area contributed by atoms with Crippen LogP contribution < -0.4 is 0 Å². The Labute approximate surface area is 116 Å². The first kappa shape index (κ1) is 11.6. The van der Waals surface area contributed by atoms with E-state index >= 15 is 0 Å². The quantitative estimate of drug-likeness (QED) is 0.860. The molecule has 5 heteroatoms. The number of hydrogen-bond donors (Lipinski definition) is 0. The number of morpholine rings is 1. The summed E-state index contributed by atoms with van der Waals surface area (Å²) in [5.74, 6) is 0. The molecular formula is C14H17N3OS. The van der Waals surface area contributed by atoms with Crippen LogP contribution >= 0.6 is 11.3 Å². The van der Waals surface area contributed by atoms with Crippen molar-refractivity contribution in [1.82, 2.24) is 14.5 Å². The van der Waals surface area contributed by atoms with Gasteiger partial charge in [-0.3, -0.25) is 4.90 Å². The zero-order valence-electron chi connectivity index (χ0n) is 10.8. The van der Waals surface area contributed by atoms with Crippen molar-refractivity contribution in [2.45, 2.75) is 12.5 Å². The summed E-state index contributed by atoms with van der Waals surface area (Å²) in [6.45, 7) is 5.04. The van der Waals surface area contributed by atoms with Gasteiger partial charge >= 0.3 is 0 Å². The van der Waals surface area contributed by atoms with Gasteiger partial charge in [-0.2, -0.15) is 0 Å². The predicted octanol–water partition coefficient (Wildman–Crippen LogP) is 2.24. The largest absolute Gasteiger partial charge is 0.379 e. The summed E-state index contributed by atoms with van der Waals surface area (Å²) in [6.07, 6.45) is 5.13. The standard InChI is InChI=1S/C14H17N3OS/c1(3-16-4-6-18-7-5-16)12-14-11(2-8-19-14)13-9-15-10-17(12)13/h2,8-10,12H,1,3-7H2/t12-/m1/s1. The Morgan fingerprint density at radius 3 is 3.16 bits per heavy atom. The first-order valence-electron chi connectivity index (χ1n) is 6.83. The molecule has 0 amide bonds. The molecule has 100 valence electrons. The van der Waals surface area contributed by atoms with Crippen molar-refractivity contribution in [2.75, 3.05) is 32.8 Å². The highest BCUT2D eigenvalue weighted by atomic mass is 32.1. The zero-order chi connectivity index (χ0) is 12.7. The highest BCUT2D eigenvalue weighted by molar-refractivity contribution is 7.10. The fourth-order valence-corrected chi connectivity index (χ4v) is 4.12. The number of rotatable bonds is 3. The van der Waals surface area contributed by atoms with Crippen LogP contribution in [0.5, 0.6) is 0 Å². The second kappa shape index (κ2) is 4.74. The number of hydrogen-bond acceptors (Lipinski definition) is 4. The monoisotopic (exact) mass is 275 g/mol. The van der Waals surface area contributed by atoms with Crippen LogP contribution in [-0.4, -0.2) is 47.3 Å². The van der Waals surface area contributed by atoms with E-state index in [0.29, 0.717) is 6.04 Å². The molecule has 0 N–H and O–H groups in total. The third kappa shape index (κ3) is 1.93. The Hall–Kier alpha value is -1.17. The van der Waals surface area contributed by atoms with E-state index in [2.05, 4.69) is 25.9 Å². The first-order valence-corrected chi connectivity index (χ1v) is 7.71. The van der Waals surface area contributed by atoms with Gasteiger partial charge in [0.1, 0.15) is 0 Å². The molecule has 4 nitrogen and oxygen atoms in total. The molecule has 0 radical (unpaired) electrons. The van der Waals surface area contributed by atoms with Crippen molar-refractivity contribution in [3.8, 4) is 11.3 Å². The SMILES string of the molecule is c1cc2c(s1)[C@@H](CCN1CCOCC1)n1cncc1-2. The van der Waals surface area contributed by atoms with Crippen LogP contribution in [0.2, 0.25) is 0 Å². The van der Waals surface area contributed by atoms with Gasteiger partial charge in [0, 0.05) is 30.1 Å². The van der Waals surface area contributed by atoms with Gasteiger partial charge in [0.25, 0.3) is 0 Å². The molecule has 0 spiro atoms. The minimum atomic E-state index is 0.482. The molecule has 0 saturated carbocycles. The van der Waals surface area contributed by atoms with Crippen LogP contribution in [0.1, 0.15) is 17.3 Å². The molecule has 2 aliphatic heterocycles. The van der Waals surface area contributed by atoms with Crippen molar-refractivity contribution in [3.63, 3.8) is 0 Å². The molecule has 2 aliphatic rings. The summed E-state index contributed by atoms with van der Waals surface area (Å²) in [4.78, 5) is 8.31. The summed E-state index contributed by atoms with van der Waals surface area (Å²) in [6, 6.07) is 2.71. The fourth-order valence-electron chi connectivity index (χ4n) is 3.08. The smallest absolute Gasteiger partial charge is 0.0957 e. The van der Waals surface area contributed by atoms with Crippen molar-refractivity contribution in [2.24, 2.45) is 0 Å². The molecule has 0 aromatic carbocycles. The second-order valence-electron chi connectivity index (χ2n) is 5.14. The van der Waals surface area contributed by atoms with Gasteiger partial charge in [-0.1, -0.05) is 0 Å². The van der Waals surface area contributed by atoms with Gasteiger partial charge in [-0.25, -0.2) is 4.98 Å². The molecule has 2 aromatic rings. The van der Waals surface area contributed by atoms with Crippen molar-refractivity contribution in [3.05, 3.63) is 28.8 Å². The molecule has 0 aliphatic carbocycles. The maximum absolute atomic E-state index is 5.40. The number of imidazole rings is 1. The lowest BCUT2D eigenvalue weighted by atomic mass is 10.1. The molecular weight excluding hydrogens is 258 g/mol. The molecule has 4 rings (SSSR count). The van der Waals surface area contributed by atoms with Gasteiger partial charge in [0.2, 0.25) is 0 Å². The molecule has 1 saturated heterocycles. The normalized spacial score (nSPS) is 22.4. The topological polar surface area (TPSA) is 30.3 Å². The molecule has 19 heavy (non-hydrogen) atoms. The highest BCUT2D eigenvalue weighted by Crippen LogP contribution is 2.43. The van der Waals surface area contributed by atoms with Crippen molar-refractivity contribution >= 4 is 11.3 Å². The third-order valence-corrected chi connectivity index (χ3v) is 5.12. The Kier molecular flexibility index (Phi) is 2.90. The fraction of sp³-hybridized carbons (Fsp3) is 0.500. The summed E-state index contributed by atoms with van der Waals surface area (Å²) in [5.41, 5.74) is 2.66. The first-order chi connectivity index (χ1) is 9.43. The van der Waals surface area contributed by atoms with Crippen LogP contribution in [0.4, 0.5) is 0 Å². The number of nitrogens with zero attached hydrogens (tertiary/aromatic N) is 3. The Bertz CT molecular complexity index is 531. The highest BCUT2D eigenvalue weighted by Gasteiger charge is 2.29. The van der Waals surface area contributed by atoms with E-state index in [1.54, 1.807) is 0 Å². The number of ether oxygens (including phenoxy) is 1. The summed E-state index contributed by atoms with van der Waals surface area (Å²) in [5, 5.41) is 2.20. The van der Waals surface area contributed by atoms with Crippen LogP contribution in [-0.2, 0) is 4.74 Å². The minimum absolute atomic E-state index is 0.482. The van der Waals surface area contributed by atoms with Gasteiger partial charge in [0.05, 0.1) is 37.5 Å². The number of thiophene rings is 1. The van der Waals surface area contributed by atoms with E-state index in [1.807, 2.05) is 23.9 Å². The lowest BCUT2D eigenvalue weighted by Gasteiger charge is -2.27. The van der Waals surface area contributed by atoms with E-state index in [4.69, 9.17) is 4.74 Å². The molecule has 2 aromatic heterocycles. The number of aromatic nitrogens is 2. The Morgan fingerprint density at radius 1 is 1.37 bits per heavy atom. The molecule has 0 unspecified atom stereocenters. The Balaban J connectivity index is 1.52. The summed E-state index contributed by atoms with van der Waals surface area (Å²) >= 11 is 1.88. The van der Waals surface area contributed by atoms with Crippen LogP contribution in [0, 0.1) is 0 Å². The van der Waals surface area contributed by atoms with Crippen molar-refractivity contribution < 1.29 is 4.74 Å². The van der Waals surface area contributed by atoms with Crippen LogP contribution in [0.15, 0.2) is 24.0 Å². The van der Waals surface area contributed by atoms with Crippen molar-refractivity contribution in [1.29, 1.82) is 0 Å². The average Bonchev–Trinajstić information content (AvgIpc) is 3.11. The third-order valence-electron chi connectivity index (χ3n) is 4.10. The molecule has 4 heterocycles. The predicted molar refractivity (Wildman–Crippen MR) is 75.6 cm³/mol. The second-order valence-corrected chi connectivity index (χ2v) is 6.09. The molecule has 0 bridgehead atoms. The lowest BCUT2D eigenvalue weighted by molar-refractivity contribution is 0.0363. The van der Waals surface area contributed by atoms with Gasteiger partial charge in [0.15, 0.2) is 0 Å². The van der Waals surface area contributed by atoms with Crippen LogP contribution in [0.25, 0.3) is 11.3 Å². The maximum atomic E-state index is 5.40. The molecule has 1 atom stereocenters.